The van der Waals surface area contributed by atoms with E-state index >= 15 is 0 Å². The number of aliphatic hydroxyl groups excluding tert-OH is 1. The quantitative estimate of drug-likeness (QED) is 0.366. The summed E-state index contributed by atoms with van der Waals surface area (Å²) in [5, 5.41) is 20.2. The van der Waals surface area contributed by atoms with E-state index in [-0.39, 0.29) is 21.7 Å². The molecule has 4 aliphatic carbocycles. The van der Waals surface area contributed by atoms with Gasteiger partial charge in [-0.15, -0.1) is 0 Å². The van der Waals surface area contributed by atoms with Crippen LogP contribution in [0.4, 0.5) is 0 Å². The van der Waals surface area contributed by atoms with Crippen LogP contribution in [0.5, 0.6) is 0 Å². The summed E-state index contributed by atoms with van der Waals surface area (Å²) in [6, 6.07) is 0. The Morgan fingerprint density at radius 2 is 1.58 bits per heavy atom. The number of piperidine rings is 1. The number of aliphatic carboxylic acids is 1. The van der Waals surface area contributed by atoms with Crippen LogP contribution < -0.4 is 0 Å². The molecule has 0 aromatic rings. The zero-order chi connectivity index (χ0) is 26.5. The number of carbonyl (C=O) groups is 2. The average Bonchev–Trinajstić information content (AvgIpc) is 3.19. The van der Waals surface area contributed by atoms with Crippen molar-refractivity contribution >= 4 is 11.9 Å². The Morgan fingerprint density at radius 3 is 2.19 bits per heavy atom. The van der Waals surface area contributed by atoms with E-state index in [1.54, 1.807) is 4.90 Å². The zero-order valence-electron chi connectivity index (χ0n) is 23.5. The molecule has 0 spiro atoms. The number of nitrogens with zero attached hydrogens (tertiary/aromatic N) is 1. The van der Waals surface area contributed by atoms with Gasteiger partial charge >= 0.3 is 11.9 Å². The molecule has 0 bridgehead atoms. The Morgan fingerprint density at radius 1 is 0.889 bits per heavy atom. The Labute approximate surface area is 218 Å². The van der Waals surface area contributed by atoms with Crippen molar-refractivity contribution in [2.24, 2.45) is 51.2 Å². The molecule has 5 fully saturated rings. The highest BCUT2D eigenvalue weighted by Crippen LogP contribution is 2.76. The minimum Gasteiger partial charge on any atom is -0.474 e. The van der Waals surface area contributed by atoms with E-state index in [4.69, 9.17) is 0 Å². The molecule has 0 aromatic carbocycles. The molecule has 1 heterocycles. The van der Waals surface area contributed by atoms with Crippen LogP contribution in [-0.2, 0) is 9.59 Å². The third kappa shape index (κ3) is 3.10. The summed E-state index contributed by atoms with van der Waals surface area (Å²) in [4.78, 5) is 25.9. The first-order chi connectivity index (χ1) is 16.7. The van der Waals surface area contributed by atoms with Gasteiger partial charge in [0.05, 0.1) is 0 Å². The number of fused-ring (bicyclic) bond motifs is 7. The highest BCUT2D eigenvalue weighted by atomic mass is 16.4. The van der Waals surface area contributed by atoms with Crippen molar-refractivity contribution in [1.29, 1.82) is 0 Å². The second kappa shape index (κ2) is 8.07. The molecule has 202 valence electrons. The van der Waals surface area contributed by atoms with Gasteiger partial charge in [0.1, 0.15) is 0 Å². The zero-order valence-corrected chi connectivity index (χ0v) is 23.5. The van der Waals surface area contributed by atoms with Gasteiger partial charge in [-0.05, 0) is 130 Å². The molecular weight excluding hydrogens is 450 g/mol. The number of rotatable bonds is 2. The largest absolute Gasteiger partial charge is 0.474 e. The molecule has 1 unspecified atom stereocenters. The molecule has 1 amide bonds. The molecule has 1 aliphatic heterocycles. The van der Waals surface area contributed by atoms with Crippen molar-refractivity contribution in [2.45, 2.75) is 105 Å². The summed E-state index contributed by atoms with van der Waals surface area (Å²) in [5.41, 5.74) is 1.44. The first-order valence-corrected chi connectivity index (χ1v) is 14.5. The Balaban J connectivity index is 1.51. The molecule has 5 nitrogen and oxygen atoms in total. The molecule has 0 radical (unpaired) electrons. The normalized spacial score (nSPS) is 49.3. The Bertz CT molecular complexity index is 974. The summed E-state index contributed by atoms with van der Waals surface area (Å²) in [7, 11) is 0. The van der Waals surface area contributed by atoms with Gasteiger partial charge in [-0.1, -0.05) is 32.9 Å². The number of hydrogen-bond acceptors (Lipinski definition) is 3. The number of carbonyl (C=O) groups excluding carboxylic acids is 1. The predicted molar refractivity (Wildman–Crippen MR) is 141 cm³/mol. The van der Waals surface area contributed by atoms with Crippen molar-refractivity contribution in [3.05, 3.63) is 12.2 Å². The number of likely N-dealkylation sites (tertiary alicyclic amines) is 1. The van der Waals surface area contributed by atoms with Crippen LogP contribution in [0, 0.1) is 51.2 Å². The number of hydrogen-bond donors (Lipinski definition) is 2. The fourth-order valence-corrected chi connectivity index (χ4v) is 11.7. The molecule has 36 heavy (non-hydrogen) atoms. The third-order valence-corrected chi connectivity index (χ3v) is 13.7. The molecule has 0 aromatic heterocycles. The van der Waals surface area contributed by atoms with Crippen molar-refractivity contribution < 1.29 is 19.8 Å². The van der Waals surface area contributed by atoms with Gasteiger partial charge in [-0.3, -0.25) is 4.79 Å². The maximum absolute atomic E-state index is 12.6. The van der Waals surface area contributed by atoms with E-state index in [1.165, 1.54) is 31.3 Å². The summed E-state index contributed by atoms with van der Waals surface area (Å²) >= 11 is 0. The number of amides is 1. The molecule has 5 rings (SSSR count). The third-order valence-electron chi connectivity index (χ3n) is 13.7. The first-order valence-electron chi connectivity index (χ1n) is 14.5. The molecule has 1 saturated heterocycles. The molecule has 9 atom stereocenters. The van der Waals surface area contributed by atoms with Crippen LogP contribution in [0.15, 0.2) is 12.2 Å². The molecule has 4 saturated carbocycles. The fraction of sp³-hybridized carbons (Fsp3) is 0.871. The maximum atomic E-state index is 12.6. The molecule has 5 heteroatoms. The Kier molecular flexibility index (Phi) is 5.89. The number of carboxylic acid groups (broad SMARTS) is 1. The number of carboxylic acids is 1. The van der Waals surface area contributed by atoms with Crippen LogP contribution >= 0.6 is 0 Å². The van der Waals surface area contributed by atoms with Gasteiger partial charge in [-0.25, -0.2) is 4.79 Å². The summed E-state index contributed by atoms with van der Waals surface area (Å²) in [6.07, 6.45) is 10.1. The SMILES string of the molecule is C=C(C)[C@@H]1CC[C@]2(CO)CC[C@]3(C)[C@H](CC[C@@H]4[C@@]5(C)CCN(C(=O)C(=O)O)C(C)(C)C5CC[C@]43C)[C@@H]12. The minimum absolute atomic E-state index is 0.0720. The van der Waals surface area contributed by atoms with Crippen LogP contribution in [0.1, 0.15) is 99.3 Å². The van der Waals surface area contributed by atoms with Crippen LogP contribution in [-0.4, -0.2) is 45.7 Å². The van der Waals surface area contributed by atoms with Crippen molar-refractivity contribution in [3.8, 4) is 0 Å². The van der Waals surface area contributed by atoms with Crippen molar-refractivity contribution in [2.75, 3.05) is 13.2 Å². The number of allylic oxidation sites excluding steroid dienone is 1. The molecular formula is C31H49NO4. The van der Waals surface area contributed by atoms with E-state index in [0.717, 1.165) is 32.1 Å². The van der Waals surface area contributed by atoms with E-state index in [0.29, 0.717) is 42.7 Å². The smallest absolute Gasteiger partial charge is 0.394 e. The lowest BCUT2D eigenvalue weighted by Crippen LogP contribution is -2.70. The van der Waals surface area contributed by atoms with Gasteiger partial charge in [-0.2, -0.15) is 0 Å². The second-order valence-electron chi connectivity index (χ2n) is 14.9. The summed E-state index contributed by atoms with van der Waals surface area (Å²) in [6.45, 7) is 19.3. The lowest BCUT2D eigenvalue weighted by Gasteiger charge is -2.73. The van der Waals surface area contributed by atoms with Gasteiger partial charge in [0.15, 0.2) is 0 Å². The van der Waals surface area contributed by atoms with Gasteiger partial charge in [0, 0.05) is 18.7 Å². The second-order valence-corrected chi connectivity index (χ2v) is 14.9. The predicted octanol–water partition coefficient (Wildman–Crippen LogP) is 5.91. The van der Waals surface area contributed by atoms with Crippen LogP contribution in [0.25, 0.3) is 0 Å². The average molecular weight is 500 g/mol. The van der Waals surface area contributed by atoms with Crippen LogP contribution in [0.2, 0.25) is 0 Å². The monoisotopic (exact) mass is 499 g/mol. The first kappa shape index (κ1) is 26.3. The number of aliphatic hydroxyl groups is 1. The highest BCUT2D eigenvalue weighted by Gasteiger charge is 2.71. The standard InChI is InChI=1S/C31H49NO4/c1-19(2)20-10-13-31(18-33)15-14-29(6)21(24(20)31)8-9-23-28(5)16-17-32(25(34)26(35)36)27(3,4)22(28)11-12-30(23,29)7/h20-24,33H,1,8-18H2,2-7H3,(H,35,36)/t20-,21+,22?,23+,24+,28-,29+,30+,31+/m0/s1. The summed E-state index contributed by atoms with van der Waals surface area (Å²) < 4.78 is 0. The minimum atomic E-state index is -1.33. The van der Waals surface area contributed by atoms with E-state index in [9.17, 15) is 19.8 Å². The Hall–Kier alpha value is -1.36. The maximum Gasteiger partial charge on any atom is 0.394 e. The van der Waals surface area contributed by atoms with E-state index in [2.05, 4.69) is 48.1 Å². The topological polar surface area (TPSA) is 77.8 Å². The molecule has 2 N–H and O–H groups in total. The van der Waals surface area contributed by atoms with E-state index < -0.39 is 17.4 Å². The van der Waals surface area contributed by atoms with Crippen molar-refractivity contribution in [1.82, 2.24) is 4.90 Å². The van der Waals surface area contributed by atoms with Crippen LogP contribution in [0.3, 0.4) is 0 Å². The lowest BCUT2D eigenvalue weighted by molar-refractivity contribution is -0.243. The van der Waals surface area contributed by atoms with Gasteiger partial charge in [0.25, 0.3) is 0 Å². The van der Waals surface area contributed by atoms with Crippen molar-refractivity contribution in [3.63, 3.8) is 0 Å². The van der Waals surface area contributed by atoms with E-state index in [1.807, 2.05) is 0 Å². The van der Waals surface area contributed by atoms with Gasteiger partial charge in [0.2, 0.25) is 0 Å². The summed E-state index contributed by atoms with van der Waals surface area (Å²) in [5.74, 6) is 0.467. The fourth-order valence-electron chi connectivity index (χ4n) is 11.7. The lowest BCUT2D eigenvalue weighted by atomic mass is 9.33. The van der Waals surface area contributed by atoms with Gasteiger partial charge < -0.3 is 15.1 Å². The molecule has 5 aliphatic rings. The highest BCUT2D eigenvalue weighted by molar-refractivity contribution is 6.31.